The minimum Gasteiger partial charge on any atom is -0.493 e. The number of hydrogen-bond donors (Lipinski definition) is 1. The van der Waals surface area contributed by atoms with Crippen LogP contribution in [0.5, 0.6) is 11.5 Å². The van der Waals surface area contributed by atoms with Gasteiger partial charge in [0.15, 0.2) is 11.5 Å². The zero-order chi connectivity index (χ0) is 21.8. The predicted octanol–water partition coefficient (Wildman–Crippen LogP) is 4.91. The van der Waals surface area contributed by atoms with Crippen molar-refractivity contribution in [2.24, 2.45) is 0 Å². The first-order chi connectivity index (χ1) is 15.8. The van der Waals surface area contributed by atoms with Crippen LogP contribution in [-0.2, 0) is 0 Å². The van der Waals surface area contributed by atoms with Gasteiger partial charge in [-0.05, 0) is 48.0 Å². The molecule has 0 fully saturated rings. The molecule has 0 radical (unpaired) electrons. The Kier molecular flexibility index (Phi) is 5.36. The lowest BCUT2D eigenvalue weighted by atomic mass is 10.2. The van der Waals surface area contributed by atoms with Crippen molar-refractivity contribution in [2.45, 2.75) is 0 Å². The maximum atomic E-state index is 5.98. The Morgan fingerprint density at radius 1 is 1.00 bits per heavy atom. The van der Waals surface area contributed by atoms with Crippen LogP contribution in [0.2, 0.25) is 0 Å². The minimum atomic E-state index is 0.427. The summed E-state index contributed by atoms with van der Waals surface area (Å²) in [5.41, 5.74) is 4.73. The standard InChI is InChI=1S/C25H21N5O2/c1-31-23-12-9-19(14-24(23)32-13-5-8-18-6-3-2-4-7-18)25-28-21-11-10-20(15-22(21)29-25)30-17-26-16-27-30/h2-12,14-17H,13H2,1H3,(H,28,29)/b8-5+. The highest BCUT2D eigenvalue weighted by molar-refractivity contribution is 5.81. The van der Waals surface area contributed by atoms with E-state index in [-0.39, 0.29) is 0 Å². The SMILES string of the molecule is COc1ccc(-c2nc3ccc(-n4cncn4)cc3[nH]2)cc1OC/C=C/c1ccccc1. The topological polar surface area (TPSA) is 77.9 Å². The number of rotatable bonds is 7. The number of methoxy groups -OCH3 is 1. The maximum absolute atomic E-state index is 5.98. The summed E-state index contributed by atoms with van der Waals surface area (Å²) in [5, 5.41) is 4.18. The van der Waals surface area contributed by atoms with Crippen molar-refractivity contribution in [3.63, 3.8) is 0 Å². The Balaban J connectivity index is 1.38. The summed E-state index contributed by atoms with van der Waals surface area (Å²) >= 11 is 0. The fourth-order valence-corrected chi connectivity index (χ4v) is 3.44. The molecule has 0 spiro atoms. The zero-order valence-corrected chi connectivity index (χ0v) is 17.5. The van der Waals surface area contributed by atoms with E-state index in [0.29, 0.717) is 18.1 Å². The summed E-state index contributed by atoms with van der Waals surface area (Å²) in [4.78, 5) is 12.1. The number of benzene rings is 3. The molecule has 0 bridgehead atoms. The summed E-state index contributed by atoms with van der Waals surface area (Å²) in [5.74, 6) is 2.08. The molecule has 32 heavy (non-hydrogen) atoms. The van der Waals surface area contributed by atoms with E-state index in [4.69, 9.17) is 14.5 Å². The van der Waals surface area contributed by atoms with Gasteiger partial charge in [-0.2, -0.15) is 5.10 Å². The molecule has 0 aliphatic rings. The third-order valence-electron chi connectivity index (χ3n) is 5.03. The van der Waals surface area contributed by atoms with Crippen molar-refractivity contribution in [1.82, 2.24) is 24.7 Å². The number of nitrogens with one attached hydrogen (secondary N) is 1. The second-order valence-corrected chi connectivity index (χ2v) is 7.12. The highest BCUT2D eigenvalue weighted by Crippen LogP contribution is 2.32. The first-order valence-electron chi connectivity index (χ1n) is 10.2. The monoisotopic (exact) mass is 423 g/mol. The van der Waals surface area contributed by atoms with Crippen molar-refractivity contribution in [1.29, 1.82) is 0 Å². The lowest BCUT2D eigenvalue weighted by Crippen LogP contribution is -1.97. The van der Waals surface area contributed by atoms with Gasteiger partial charge < -0.3 is 14.5 Å². The maximum Gasteiger partial charge on any atom is 0.162 e. The Morgan fingerprint density at radius 3 is 2.72 bits per heavy atom. The lowest BCUT2D eigenvalue weighted by Gasteiger charge is -2.10. The Hall–Kier alpha value is -4.39. The quantitative estimate of drug-likeness (QED) is 0.402. The summed E-state index contributed by atoms with van der Waals surface area (Å²) in [6.45, 7) is 0.427. The van der Waals surface area contributed by atoms with Crippen molar-refractivity contribution in [2.75, 3.05) is 13.7 Å². The van der Waals surface area contributed by atoms with Gasteiger partial charge in [0, 0.05) is 5.56 Å². The molecule has 0 aliphatic heterocycles. The molecule has 3 aromatic carbocycles. The number of ether oxygens (including phenoxy) is 2. The van der Waals surface area contributed by atoms with E-state index in [2.05, 4.69) is 15.1 Å². The fourth-order valence-electron chi connectivity index (χ4n) is 3.44. The van der Waals surface area contributed by atoms with Gasteiger partial charge in [-0.3, -0.25) is 0 Å². The number of imidazole rings is 1. The number of hydrogen-bond acceptors (Lipinski definition) is 5. The molecule has 0 saturated carbocycles. The molecule has 1 N–H and O–H groups in total. The van der Waals surface area contributed by atoms with Gasteiger partial charge in [0.2, 0.25) is 0 Å². The Morgan fingerprint density at radius 2 is 1.91 bits per heavy atom. The minimum absolute atomic E-state index is 0.427. The van der Waals surface area contributed by atoms with Crippen LogP contribution in [-0.4, -0.2) is 38.4 Å². The van der Waals surface area contributed by atoms with Crippen LogP contribution in [0.4, 0.5) is 0 Å². The Bertz CT molecular complexity index is 1360. The van der Waals surface area contributed by atoms with E-state index < -0.39 is 0 Å². The number of fused-ring (bicyclic) bond motifs is 1. The normalized spacial score (nSPS) is 11.3. The van der Waals surface area contributed by atoms with Crippen LogP contribution in [0, 0.1) is 0 Å². The summed E-state index contributed by atoms with van der Waals surface area (Å²) < 4.78 is 13.2. The van der Waals surface area contributed by atoms with E-state index >= 15 is 0 Å². The molecule has 2 heterocycles. The molecule has 5 rings (SSSR count). The second kappa shape index (κ2) is 8.77. The summed E-state index contributed by atoms with van der Waals surface area (Å²) in [7, 11) is 1.63. The van der Waals surface area contributed by atoms with Crippen LogP contribution in [0.25, 0.3) is 34.2 Å². The van der Waals surface area contributed by atoms with E-state index in [1.54, 1.807) is 18.1 Å². The highest BCUT2D eigenvalue weighted by Gasteiger charge is 2.11. The number of aromatic nitrogens is 5. The van der Waals surface area contributed by atoms with Gasteiger partial charge in [0.25, 0.3) is 0 Å². The van der Waals surface area contributed by atoms with Crippen molar-refractivity contribution < 1.29 is 9.47 Å². The molecule has 158 valence electrons. The largest absolute Gasteiger partial charge is 0.493 e. The second-order valence-electron chi connectivity index (χ2n) is 7.12. The van der Waals surface area contributed by atoms with Crippen LogP contribution < -0.4 is 9.47 Å². The third kappa shape index (κ3) is 4.09. The molecule has 5 aromatic rings. The number of H-pyrrole nitrogens is 1. The van der Waals surface area contributed by atoms with Gasteiger partial charge in [-0.25, -0.2) is 14.6 Å². The van der Waals surface area contributed by atoms with Crippen LogP contribution in [0.3, 0.4) is 0 Å². The van der Waals surface area contributed by atoms with E-state index in [9.17, 15) is 0 Å². The Labute approximate surface area is 185 Å². The van der Waals surface area contributed by atoms with E-state index in [1.165, 1.54) is 6.33 Å². The molecule has 7 nitrogen and oxygen atoms in total. The van der Waals surface area contributed by atoms with Gasteiger partial charge in [-0.1, -0.05) is 36.4 Å². The van der Waals surface area contributed by atoms with Gasteiger partial charge >= 0.3 is 0 Å². The van der Waals surface area contributed by atoms with Gasteiger partial charge in [-0.15, -0.1) is 0 Å². The summed E-state index contributed by atoms with van der Waals surface area (Å²) in [6, 6.07) is 21.8. The molecule has 2 aromatic heterocycles. The average Bonchev–Trinajstić information content (AvgIpc) is 3.52. The van der Waals surface area contributed by atoms with Gasteiger partial charge in [0.1, 0.15) is 25.1 Å². The smallest absolute Gasteiger partial charge is 0.162 e. The number of nitrogens with zero attached hydrogens (tertiary/aromatic N) is 4. The van der Waals surface area contributed by atoms with Crippen LogP contribution >= 0.6 is 0 Å². The molecular weight excluding hydrogens is 402 g/mol. The molecule has 0 aliphatic carbocycles. The predicted molar refractivity (Wildman–Crippen MR) is 124 cm³/mol. The third-order valence-corrected chi connectivity index (χ3v) is 5.03. The lowest BCUT2D eigenvalue weighted by molar-refractivity contribution is 0.327. The van der Waals surface area contributed by atoms with Crippen molar-refractivity contribution >= 4 is 17.1 Å². The fraction of sp³-hybridized carbons (Fsp3) is 0.0800. The first-order valence-corrected chi connectivity index (χ1v) is 10.2. The van der Waals surface area contributed by atoms with Crippen molar-refractivity contribution in [3.05, 3.63) is 91.0 Å². The average molecular weight is 423 g/mol. The van der Waals surface area contributed by atoms with Crippen LogP contribution in [0.1, 0.15) is 5.56 Å². The molecule has 7 heteroatoms. The molecule has 0 atom stereocenters. The molecular formula is C25H21N5O2. The van der Waals surface area contributed by atoms with Crippen molar-refractivity contribution in [3.8, 4) is 28.6 Å². The zero-order valence-electron chi connectivity index (χ0n) is 17.5. The van der Waals surface area contributed by atoms with Crippen LogP contribution in [0.15, 0.2) is 85.5 Å². The van der Waals surface area contributed by atoms with Gasteiger partial charge in [0.05, 0.1) is 23.8 Å². The number of aromatic amines is 1. The molecule has 0 amide bonds. The molecule has 0 saturated heterocycles. The first kappa shape index (κ1) is 19.6. The van der Waals surface area contributed by atoms with E-state index in [1.807, 2.05) is 78.9 Å². The highest BCUT2D eigenvalue weighted by atomic mass is 16.5. The van der Waals surface area contributed by atoms with E-state index in [0.717, 1.165) is 33.7 Å². The summed E-state index contributed by atoms with van der Waals surface area (Å²) in [6.07, 6.45) is 7.19. The molecule has 0 unspecified atom stereocenters.